The molecule has 0 aliphatic carbocycles. The molecule has 3 N–H and O–H groups in total. The van der Waals surface area contributed by atoms with Crippen LogP contribution in [0.25, 0.3) is 0 Å². The Kier molecular flexibility index (Phi) is 7.60. The van der Waals surface area contributed by atoms with E-state index in [4.69, 9.17) is 14.5 Å². The van der Waals surface area contributed by atoms with Crippen LogP contribution < -0.4 is 10.1 Å². The number of aromatic amines is 1. The summed E-state index contributed by atoms with van der Waals surface area (Å²) in [7, 11) is 0. The molecule has 3 heterocycles. The molecule has 0 amide bonds. The molecule has 0 radical (unpaired) electrons. The molecule has 2 aromatic heterocycles. The molecule has 0 spiro atoms. The first-order valence-electron chi connectivity index (χ1n) is 13.9. The largest absolute Gasteiger partial charge is 0.474 e. The third-order valence-electron chi connectivity index (χ3n) is 7.54. The summed E-state index contributed by atoms with van der Waals surface area (Å²) >= 11 is 0. The van der Waals surface area contributed by atoms with E-state index in [1.807, 2.05) is 31.2 Å². The first-order chi connectivity index (χ1) is 20.1. The molecule has 0 bridgehead atoms. The van der Waals surface area contributed by atoms with Gasteiger partial charge in [0.2, 0.25) is 5.88 Å². The van der Waals surface area contributed by atoms with Crippen LogP contribution in [0.4, 0.5) is 5.69 Å². The van der Waals surface area contributed by atoms with E-state index in [1.54, 1.807) is 12.4 Å². The van der Waals surface area contributed by atoms with E-state index in [0.29, 0.717) is 30.2 Å². The Balaban J connectivity index is 1.59. The Morgan fingerprint density at radius 2 is 1.46 bits per heavy atom. The number of aromatic nitrogens is 3. The van der Waals surface area contributed by atoms with Gasteiger partial charge in [0.25, 0.3) is 0 Å². The minimum absolute atomic E-state index is 0.0380. The topological polar surface area (TPSA) is 95.9 Å². The van der Waals surface area contributed by atoms with Gasteiger partial charge in [0, 0.05) is 30.3 Å². The van der Waals surface area contributed by atoms with E-state index < -0.39 is 5.54 Å². The van der Waals surface area contributed by atoms with Crippen LogP contribution in [0.5, 0.6) is 5.88 Å². The van der Waals surface area contributed by atoms with Gasteiger partial charge in [0.05, 0.1) is 36.4 Å². The first kappa shape index (κ1) is 26.5. The van der Waals surface area contributed by atoms with Gasteiger partial charge in [0.1, 0.15) is 11.6 Å². The van der Waals surface area contributed by atoms with Gasteiger partial charge in [-0.15, -0.1) is 0 Å². The molecule has 206 valence electrons. The van der Waals surface area contributed by atoms with Crippen molar-refractivity contribution in [2.24, 2.45) is 0 Å². The maximum Gasteiger partial charge on any atom is 0.225 e. The Morgan fingerprint density at radius 1 is 0.902 bits per heavy atom. The highest BCUT2D eigenvalue weighted by Gasteiger charge is 2.38. The second-order valence-electron chi connectivity index (χ2n) is 10.3. The van der Waals surface area contributed by atoms with Crippen LogP contribution in [0, 0.1) is 12.3 Å². The van der Waals surface area contributed by atoms with Crippen LogP contribution in [0.1, 0.15) is 46.4 Å². The fraction of sp³-hybridized carbons (Fsp3) is 0.206. The summed E-state index contributed by atoms with van der Waals surface area (Å²) in [5.41, 5.74) is 5.50. The number of nitrogens with zero attached hydrogens (tertiary/aromatic N) is 2. The Labute approximate surface area is 240 Å². The van der Waals surface area contributed by atoms with Crippen molar-refractivity contribution in [3.05, 3.63) is 143 Å². The minimum atomic E-state index is -0.779. The van der Waals surface area contributed by atoms with E-state index in [1.165, 1.54) is 0 Å². The smallest absolute Gasteiger partial charge is 0.225 e. The van der Waals surface area contributed by atoms with E-state index >= 15 is 0 Å². The summed E-state index contributed by atoms with van der Waals surface area (Å²) in [6.07, 6.45) is 4.90. The van der Waals surface area contributed by atoms with Crippen LogP contribution in [-0.4, -0.2) is 40.2 Å². The molecule has 6 rings (SSSR count). The molecule has 0 unspecified atom stereocenters. The quantitative estimate of drug-likeness (QED) is 0.146. The van der Waals surface area contributed by atoms with Gasteiger partial charge in [0.15, 0.2) is 0 Å². The molecule has 1 aliphatic heterocycles. The number of hydrogen-bond acceptors (Lipinski definition) is 6. The Morgan fingerprint density at radius 3 is 1.98 bits per heavy atom. The molecular formula is C34H33N5O2. The average molecular weight is 544 g/mol. The van der Waals surface area contributed by atoms with Gasteiger partial charge in [-0.2, -0.15) is 5.10 Å². The van der Waals surface area contributed by atoms with Gasteiger partial charge in [-0.1, -0.05) is 91.0 Å². The molecule has 7 heteroatoms. The minimum Gasteiger partial charge on any atom is -0.474 e. The number of rotatable bonds is 9. The molecule has 0 saturated carbocycles. The van der Waals surface area contributed by atoms with Crippen molar-refractivity contribution in [1.29, 1.82) is 5.41 Å². The standard InChI is InChI=1S/C34H33N5O2/c1-24-21-30(31(32(35)25-22-36-37-23-25)33(38-24)41-29-17-19-40-20-18-29)39-34(26-11-5-2-6-12-26,27-13-7-3-8-14-27)28-15-9-4-10-16-28/h2-16,21-23,29,35H,17-20H2,1H3,(H,36,37)(H,38,39). The lowest BCUT2D eigenvalue weighted by Crippen LogP contribution is -2.39. The van der Waals surface area contributed by atoms with E-state index in [9.17, 15) is 5.41 Å². The lowest BCUT2D eigenvalue weighted by molar-refractivity contribution is 0.0236. The van der Waals surface area contributed by atoms with Crippen LogP contribution in [0.3, 0.4) is 0 Å². The summed E-state index contributed by atoms with van der Waals surface area (Å²) in [6, 6.07) is 33.3. The number of pyridine rings is 1. The molecule has 1 aliphatic rings. The fourth-order valence-corrected chi connectivity index (χ4v) is 5.54. The predicted octanol–water partition coefficient (Wildman–Crippen LogP) is 6.49. The zero-order chi connectivity index (χ0) is 28.1. The lowest BCUT2D eigenvalue weighted by atomic mass is 9.76. The highest BCUT2D eigenvalue weighted by molar-refractivity contribution is 6.15. The van der Waals surface area contributed by atoms with Crippen molar-refractivity contribution in [1.82, 2.24) is 15.2 Å². The van der Waals surface area contributed by atoms with Crippen LogP contribution in [0.15, 0.2) is 109 Å². The second kappa shape index (κ2) is 11.8. The van der Waals surface area contributed by atoms with Crippen molar-refractivity contribution in [3.8, 4) is 5.88 Å². The van der Waals surface area contributed by atoms with Gasteiger partial charge in [-0.3, -0.25) is 10.5 Å². The van der Waals surface area contributed by atoms with Crippen LogP contribution in [0.2, 0.25) is 0 Å². The zero-order valence-electron chi connectivity index (χ0n) is 23.0. The summed E-state index contributed by atoms with van der Waals surface area (Å²) in [6.45, 7) is 3.26. The lowest BCUT2D eigenvalue weighted by Gasteiger charge is -2.38. The van der Waals surface area contributed by atoms with Crippen LogP contribution >= 0.6 is 0 Å². The van der Waals surface area contributed by atoms with Crippen molar-refractivity contribution in [2.45, 2.75) is 31.4 Å². The number of H-pyrrole nitrogens is 1. The molecule has 0 atom stereocenters. The summed E-state index contributed by atoms with van der Waals surface area (Å²) in [4.78, 5) is 4.83. The first-order valence-corrected chi connectivity index (χ1v) is 13.9. The monoisotopic (exact) mass is 543 g/mol. The highest BCUT2D eigenvalue weighted by atomic mass is 16.5. The summed E-state index contributed by atoms with van der Waals surface area (Å²) < 4.78 is 12.1. The van der Waals surface area contributed by atoms with Gasteiger partial charge >= 0.3 is 0 Å². The summed E-state index contributed by atoms with van der Waals surface area (Å²) in [5, 5.41) is 20.3. The third-order valence-corrected chi connectivity index (χ3v) is 7.54. The maximum atomic E-state index is 9.33. The van der Waals surface area contributed by atoms with E-state index in [0.717, 1.165) is 40.9 Å². The molecule has 1 saturated heterocycles. The molecule has 7 nitrogen and oxygen atoms in total. The molecule has 5 aromatic rings. The number of aryl methyl sites for hydroxylation is 1. The second-order valence-corrected chi connectivity index (χ2v) is 10.3. The van der Waals surface area contributed by atoms with E-state index in [-0.39, 0.29) is 11.8 Å². The molecule has 41 heavy (non-hydrogen) atoms. The number of benzene rings is 3. The number of nitrogens with one attached hydrogen (secondary N) is 3. The number of hydrogen-bond donors (Lipinski definition) is 3. The van der Waals surface area contributed by atoms with Crippen molar-refractivity contribution in [3.63, 3.8) is 0 Å². The molecular weight excluding hydrogens is 510 g/mol. The zero-order valence-corrected chi connectivity index (χ0v) is 23.0. The van der Waals surface area contributed by atoms with Crippen molar-refractivity contribution >= 4 is 11.4 Å². The predicted molar refractivity (Wildman–Crippen MR) is 161 cm³/mol. The van der Waals surface area contributed by atoms with Gasteiger partial charge < -0.3 is 14.8 Å². The molecule has 3 aromatic carbocycles. The number of anilines is 1. The number of ether oxygens (including phenoxy) is 2. The Hall–Kier alpha value is -4.75. The van der Waals surface area contributed by atoms with E-state index in [2.05, 4.69) is 88.3 Å². The summed E-state index contributed by atoms with van der Waals surface area (Å²) in [5.74, 6) is 0.439. The molecule has 1 fully saturated rings. The average Bonchev–Trinajstić information content (AvgIpc) is 3.57. The van der Waals surface area contributed by atoms with Crippen molar-refractivity contribution < 1.29 is 9.47 Å². The fourth-order valence-electron chi connectivity index (χ4n) is 5.54. The van der Waals surface area contributed by atoms with Gasteiger partial charge in [-0.05, 0) is 29.7 Å². The normalized spacial score (nSPS) is 14.0. The van der Waals surface area contributed by atoms with Crippen LogP contribution in [-0.2, 0) is 10.3 Å². The maximum absolute atomic E-state index is 9.33. The van der Waals surface area contributed by atoms with Crippen molar-refractivity contribution in [2.75, 3.05) is 18.5 Å². The van der Waals surface area contributed by atoms with Gasteiger partial charge in [-0.25, -0.2) is 4.98 Å². The third kappa shape index (κ3) is 5.36. The highest BCUT2D eigenvalue weighted by Crippen LogP contribution is 2.42. The Bertz CT molecular complexity index is 1490. The SMILES string of the molecule is Cc1cc(NC(c2ccccc2)(c2ccccc2)c2ccccc2)c(C(=N)c2cn[nH]c2)c(OC2CCOCC2)n1.